The van der Waals surface area contributed by atoms with Gasteiger partial charge in [-0.25, -0.2) is 0 Å². The van der Waals surface area contributed by atoms with Crippen LogP contribution in [-0.4, -0.2) is 50.3 Å². The summed E-state index contributed by atoms with van der Waals surface area (Å²) in [6.45, 7) is 9.25. The van der Waals surface area contributed by atoms with Crippen molar-refractivity contribution < 1.29 is 4.74 Å². The van der Waals surface area contributed by atoms with Crippen LogP contribution in [0, 0.1) is 0 Å². The number of nitrogens with one attached hydrogen (secondary N) is 1. The van der Waals surface area contributed by atoms with Gasteiger partial charge in [-0.3, -0.25) is 4.99 Å². The quantitative estimate of drug-likeness (QED) is 0.498. The molecular weight excluding hydrogens is 286 g/mol. The average Bonchev–Trinajstić information content (AvgIpc) is 2.59. The van der Waals surface area contributed by atoms with Gasteiger partial charge in [-0.15, -0.1) is 0 Å². The van der Waals surface area contributed by atoms with Crippen molar-refractivity contribution in [2.75, 3.05) is 39.4 Å². The molecule has 126 valence electrons. The van der Waals surface area contributed by atoms with E-state index in [1.807, 2.05) is 6.92 Å². The van der Waals surface area contributed by atoms with Gasteiger partial charge in [-0.2, -0.15) is 0 Å². The summed E-state index contributed by atoms with van der Waals surface area (Å²) in [6.07, 6.45) is 4.53. The van der Waals surface area contributed by atoms with Crippen molar-refractivity contribution in [2.24, 2.45) is 4.99 Å². The summed E-state index contributed by atoms with van der Waals surface area (Å²) in [4.78, 5) is 7.03. The largest absolute Gasteiger partial charge is 0.380 e. The molecule has 1 aliphatic heterocycles. The van der Waals surface area contributed by atoms with Crippen LogP contribution in [0.2, 0.25) is 0 Å². The highest BCUT2D eigenvalue weighted by atomic mass is 16.5. The maximum absolute atomic E-state index is 5.37. The molecule has 1 fully saturated rings. The summed E-state index contributed by atoms with van der Waals surface area (Å²) >= 11 is 0. The zero-order valence-electron chi connectivity index (χ0n) is 14.4. The van der Waals surface area contributed by atoms with E-state index >= 15 is 0 Å². The number of guanidine groups is 1. The Hall–Kier alpha value is -1.81. The maximum atomic E-state index is 5.37. The number of nitrogens with zero attached hydrogens (tertiary/aromatic N) is 2. The third-order valence-electron chi connectivity index (χ3n) is 3.91. The molecule has 2 rings (SSSR count). The number of rotatable bonds is 6. The van der Waals surface area contributed by atoms with Crippen molar-refractivity contribution in [1.82, 2.24) is 10.2 Å². The second-order valence-corrected chi connectivity index (χ2v) is 5.63. The predicted molar refractivity (Wildman–Crippen MR) is 97.7 cm³/mol. The van der Waals surface area contributed by atoms with Gasteiger partial charge in [-0.05, 0) is 32.3 Å². The Morgan fingerprint density at radius 2 is 1.96 bits per heavy atom. The fourth-order valence-electron chi connectivity index (χ4n) is 2.72. The number of aliphatic imine (C=N–C) groups is 1. The molecule has 0 bridgehead atoms. The zero-order valence-corrected chi connectivity index (χ0v) is 14.4. The standard InChI is InChI=1S/C19H29N3O/c1-3-20-19(21-12-15-23-4-2)22-13-10-18(11-14-22)16-17-8-6-5-7-9-17/h5-9,16H,3-4,10-15H2,1-2H3,(H,20,21). The first kappa shape index (κ1) is 17.5. The third-order valence-corrected chi connectivity index (χ3v) is 3.91. The summed E-state index contributed by atoms with van der Waals surface area (Å²) in [5.74, 6) is 1.02. The number of piperidine rings is 1. The van der Waals surface area contributed by atoms with Gasteiger partial charge >= 0.3 is 0 Å². The van der Waals surface area contributed by atoms with Crippen molar-refractivity contribution in [3.05, 3.63) is 41.5 Å². The molecule has 0 unspecified atom stereocenters. The van der Waals surface area contributed by atoms with E-state index in [9.17, 15) is 0 Å². The van der Waals surface area contributed by atoms with Gasteiger partial charge < -0.3 is 15.0 Å². The van der Waals surface area contributed by atoms with Gasteiger partial charge in [0.2, 0.25) is 0 Å². The molecule has 1 aliphatic rings. The molecule has 4 nitrogen and oxygen atoms in total. The molecule has 0 saturated carbocycles. The highest BCUT2D eigenvalue weighted by molar-refractivity contribution is 5.80. The Morgan fingerprint density at radius 1 is 1.22 bits per heavy atom. The number of hydrogen-bond donors (Lipinski definition) is 1. The van der Waals surface area contributed by atoms with Crippen LogP contribution in [0.4, 0.5) is 0 Å². The summed E-state index contributed by atoms with van der Waals surface area (Å²) < 4.78 is 5.37. The summed E-state index contributed by atoms with van der Waals surface area (Å²) in [5, 5.41) is 3.39. The highest BCUT2D eigenvalue weighted by Crippen LogP contribution is 2.19. The van der Waals surface area contributed by atoms with Crippen LogP contribution >= 0.6 is 0 Å². The number of hydrogen-bond acceptors (Lipinski definition) is 2. The van der Waals surface area contributed by atoms with E-state index in [0.717, 1.165) is 51.6 Å². The molecule has 0 spiro atoms. The number of ether oxygens (including phenoxy) is 1. The average molecular weight is 315 g/mol. The van der Waals surface area contributed by atoms with Crippen LogP contribution in [0.25, 0.3) is 6.08 Å². The van der Waals surface area contributed by atoms with Crippen molar-refractivity contribution in [1.29, 1.82) is 0 Å². The monoisotopic (exact) mass is 315 g/mol. The lowest BCUT2D eigenvalue weighted by Crippen LogP contribution is -2.44. The molecule has 0 atom stereocenters. The Labute approximate surface area is 140 Å². The van der Waals surface area contributed by atoms with Crippen LogP contribution in [0.3, 0.4) is 0 Å². The first-order valence-corrected chi connectivity index (χ1v) is 8.69. The molecule has 0 aliphatic carbocycles. The molecule has 1 aromatic rings. The zero-order chi connectivity index (χ0) is 16.3. The minimum Gasteiger partial charge on any atom is -0.380 e. The van der Waals surface area contributed by atoms with Crippen molar-refractivity contribution in [3.63, 3.8) is 0 Å². The molecule has 1 N–H and O–H groups in total. The molecule has 4 heteroatoms. The van der Waals surface area contributed by atoms with Gasteiger partial charge in [0.25, 0.3) is 0 Å². The Bertz CT molecular complexity index is 501. The fourth-order valence-corrected chi connectivity index (χ4v) is 2.72. The fraction of sp³-hybridized carbons (Fsp3) is 0.526. The lowest BCUT2D eigenvalue weighted by molar-refractivity contribution is 0.155. The van der Waals surface area contributed by atoms with E-state index in [4.69, 9.17) is 4.74 Å². The topological polar surface area (TPSA) is 36.9 Å². The van der Waals surface area contributed by atoms with Crippen molar-refractivity contribution >= 4 is 12.0 Å². The normalized spacial score (nSPS) is 15.7. The molecule has 0 aromatic heterocycles. The molecular formula is C19H29N3O. The molecule has 0 amide bonds. The highest BCUT2D eigenvalue weighted by Gasteiger charge is 2.16. The van der Waals surface area contributed by atoms with Gasteiger partial charge in [0.05, 0.1) is 13.2 Å². The first-order chi connectivity index (χ1) is 11.3. The predicted octanol–water partition coefficient (Wildman–Crippen LogP) is 3.17. The third kappa shape index (κ3) is 6.06. The molecule has 23 heavy (non-hydrogen) atoms. The summed E-state index contributed by atoms with van der Waals surface area (Å²) in [6, 6.07) is 10.6. The van der Waals surface area contributed by atoms with Crippen molar-refractivity contribution in [2.45, 2.75) is 26.7 Å². The Kier molecular flexibility index (Phi) is 7.67. The van der Waals surface area contributed by atoms with Gasteiger partial charge in [0.1, 0.15) is 0 Å². The lowest BCUT2D eigenvalue weighted by Gasteiger charge is -2.31. The molecule has 1 aromatic carbocycles. The Balaban J connectivity index is 1.89. The van der Waals surface area contributed by atoms with Crippen LogP contribution in [0.5, 0.6) is 0 Å². The smallest absolute Gasteiger partial charge is 0.194 e. The Morgan fingerprint density at radius 3 is 2.61 bits per heavy atom. The van der Waals surface area contributed by atoms with Crippen LogP contribution < -0.4 is 5.32 Å². The van der Waals surface area contributed by atoms with Crippen LogP contribution in [-0.2, 0) is 4.74 Å². The van der Waals surface area contributed by atoms with E-state index in [1.165, 1.54) is 11.1 Å². The van der Waals surface area contributed by atoms with Crippen LogP contribution in [0.1, 0.15) is 32.3 Å². The molecule has 0 radical (unpaired) electrons. The first-order valence-electron chi connectivity index (χ1n) is 8.69. The molecule has 1 heterocycles. The second-order valence-electron chi connectivity index (χ2n) is 5.63. The van der Waals surface area contributed by atoms with E-state index in [0.29, 0.717) is 6.61 Å². The minimum absolute atomic E-state index is 0.693. The minimum atomic E-state index is 0.693. The summed E-state index contributed by atoms with van der Waals surface area (Å²) in [5.41, 5.74) is 2.82. The van der Waals surface area contributed by atoms with E-state index in [2.05, 4.69) is 58.5 Å². The SMILES string of the molecule is CCNC(=NCCOCC)N1CCC(=Cc2ccccc2)CC1. The van der Waals surface area contributed by atoms with Gasteiger partial charge in [-0.1, -0.05) is 42.0 Å². The van der Waals surface area contributed by atoms with Crippen molar-refractivity contribution in [3.8, 4) is 0 Å². The van der Waals surface area contributed by atoms with E-state index < -0.39 is 0 Å². The van der Waals surface area contributed by atoms with Gasteiger partial charge in [0.15, 0.2) is 5.96 Å². The lowest BCUT2D eigenvalue weighted by atomic mass is 10.0. The number of likely N-dealkylation sites (tertiary alicyclic amines) is 1. The van der Waals surface area contributed by atoms with E-state index in [1.54, 1.807) is 0 Å². The van der Waals surface area contributed by atoms with Crippen LogP contribution in [0.15, 0.2) is 40.9 Å². The molecule has 1 saturated heterocycles. The summed E-state index contributed by atoms with van der Waals surface area (Å²) in [7, 11) is 0. The van der Waals surface area contributed by atoms with E-state index in [-0.39, 0.29) is 0 Å². The number of benzene rings is 1. The second kappa shape index (κ2) is 10.1. The maximum Gasteiger partial charge on any atom is 0.194 e. The van der Waals surface area contributed by atoms with Gasteiger partial charge in [0, 0.05) is 26.2 Å².